The molecule has 3 atom stereocenters. The monoisotopic (exact) mass is 1200 g/mol. The summed E-state index contributed by atoms with van der Waals surface area (Å²) in [6, 6.07) is -3.56. The summed E-state index contributed by atoms with van der Waals surface area (Å²) < 4.78 is 31.5. The number of unbranched alkanes of at least 4 members (excludes halogenated alkanes) is 17. The van der Waals surface area contributed by atoms with Gasteiger partial charge in [0.1, 0.15) is 37.9 Å². The predicted molar refractivity (Wildman–Crippen MR) is 312 cm³/mol. The zero-order valence-electron chi connectivity index (χ0n) is 50.5. The van der Waals surface area contributed by atoms with E-state index in [9.17, 15) is 58.2 Å². The van der Waals surface area contributed by atoms with Gasteiger partial charge in [-0.1, -0.05) is 117 Å². The molecule has 0 aliphatic carbocycles. The Morgan fingerprint density at radius 3 is 1.07 bits per heavy atom. The van der Waals surface area contributed by atoms with Crippen molar-refractivity contribution in [3.8, 4) is 0 Å². The third kappa shape index (κ3) is 52.0. The molecule has 0 radical (unpaired) electrons. The Labute approximate surface area is 497 Å². The molecule has 0 rings (SSSR count). The van der Waals surface area contributed by atoms with Crippen molar-refractivity contribution in [2.75, 3.05) is 105 Å². The molecule has 26 nitrogen and oxygen atoms in total. The van der Waals surface area contributed by atoms with Crippen molar-refractivity contribution >= 4 is 59.3 Å². The van der Waals surface area contributed by atoms with E-state index in [1.807, 2.05) is 0 Å². The van der Waals surface area contributed by atoms with Crippen LogP contribution in [0.4, 0.5) is 0 Å². The van der Waals surface area contributed by atoms with E-state index in [0.29, 0.717) is 25.7 Å². The van der Waals surface area contributed by atoms with Crippen LogP contribution < -0.4 is 37.2 Å². The Balaban J connectivity index is 4.83. The first kappa shape index (κ1) is 78.5. The van der Waals surface area contributed by atoms with Crippen LogP contribution >= 0.6 is 0 Å². The van der Waals surface area contributed by atoms with E-state index < -0.39 is 66.3 Å². The summed E-state index contributed by atoms with van der Waals surface area (Å²) in [5, 5.41) is 46.4. The minimum absolute atomic E-state index is 0.0506. The zero-order valence-corrected chi connectivity index (χ0v) is 50.5. The number of hydrogen-bond acceptors (Lipinski definition) is 16. The number of rotatable bonds is 61. The maximum absolute atomic E-state index is 13.4. The number of ether oxygens (including phenoxy) is 6. The standard InChI is InChI=1S/C58H105N7O19/c1-3-5-7-9-11-13-15-17-19-24-50(67)64-47(57(75)76)26-28-49(66)59-30-22-21-23-46(63-52(69)29-27-48(58(77)78)65-51(68)25-20-18-16-14-12-10-8-6-4-2)56(74)62-33-36-81-38-41-83-44-54(71)60-31-34-79-37-40-82-43-53(70)61-32-35-80-39-42-84-45-55(72)73/h46-48H,3-45H2,1-2H3,(H,59,66)(H,60,71)(H,61,70)(H,62,74)(H,63,69)(H,64,67)(H,65,68)(H,72,73)(H,75,76)(H,77,78)/t46-,47-,48-/m0/s1. The van der Waals surface area contributed by atoms with Crippen molar-refractivity contribution in [3.63, 3.8) is 0 Å². The van der Waals surface area contributed by atoms with Gasteiger partial charge in [0.15, 0.2) is 0 Å². The maximum atomic E-state index is 13.4. The maximum Gasteiger partial charge on any atom is 0.329 e. The number of carboxylic acid groups (broad SMARTS) is 3. The molecule has 26 heteroatoms. The molecule has 10 N–H and O–H groups in total. The van der Waals surface area contributed by atoms with Crippen molar-refractivity contribution < 1.29 is 91.7 Å². The summed E-state index contributed by atoms with van der Waals surface area (Å²) in [6.45, 7) is 5.52. The predicted octanol–water partition coefficient (Wildman–Crippen LogP) is 3.83. The molecule has 0 bridgehead atoms. The second kappa shape index (κ2) is 56.6. The molecule has 0 aliphatic heterocycles. The molecule has 0 aromatic carbocycles. The van der Waals surface area contributed by atoms with Crippen molar-refractivity contribution in [3.05, 3.63) is 0 Å². The van der Waals surface area contributed by atoms with E-state index >= 15 is 0 Å². The highest BCUT2D eigenvalue weighted by atomic mass is 16.5. The molecule has 0 aromatic heterocycles. The van der Waals surface area contributed by atoms with Crippen LogP contribution in [-0.4, -0.2) is 198 Å². The van der Waals surface area contributed by atoms with Gasteiger partial charge in [-0.25, -0.2) is 14.4 Å². The Kier molecular flexibility index (Phi) is 52.9. The van der Waals surface area contributed by atoms with Gasteiger partial charge in [0.25, 0.3) is 0 Å². The minimum Gasteiger partial charge on any atom is -0.480 e. The molecule has 0 aliphatic rings. The van der Waals surface area contributed by atoms with Crippen LogP contribution in [0.2, 0.25) is 0 Å². The van der Waals surface area contributed by atoms with Gasteiger partial charge in [-0.2, -0.15) is 0 Å². The zero-order chi connectivity index (χ0) is 62.1. The Bertz CT molecular complexity index is 1800. The van der Waals surface area contributed by atoms with Crippen LogP contribution in [0.5, 0.6) is 0 Å². The van der Waals surface area contributed by atoms with Crippen LogP contribution in [0.15, 0.2) is 0 Å². The van der Waals surface area contributed by atoms with Crippen molar-refractivity contribution in [1.29, 1.82) is 0 Å². The van der Waals surface area contributed by atoms with Crippen molar-refractivity contribution in [1.82, 2.24) is 37.2 Å². The van der Waals surface area contributed by atoms with E-state index in [4.69, 9.17) is 33.5 Å². The number of carbonyl (C=O) groups excluding carboxylic acids is 7. The highest BCUT2D eigenvalue weighted by molar-refractivity contribution is 5.88. The molecule has 0 spiro atoms. The second-order valence-corrected chi connectivity index (χ2v) is 20.5. The van der Waals surface area contributed by atoms with Gasteiger partial charge in [0.2, 0.25) is 41.4 Å². The molecule has 84 heavy (non-hydrogen) atoms. The van der Waals surface area contributed by atoms with Crippen LogP contribution in [0.25, 0.3) is 0 Å². The van der Waals surface area contributed by atoms with Crippen LogP contribution in [0.1, 0.15) is 187 Å². The normalized spacial score (nSPS) is 12.1. The van der Waals surface area contributed by atoms with Crippen LogP contribution in [0, 0.1) is 0 Å². The first-order valence-electron chi connectivity index (χ1n) is 30.7. The van der Waals surface area contributed by atoms with E-state index in [2.05, 4.69) is 51.1 Å². The fourth-order valence-corrected chi connectivity index (χ4v) is 8.26. The quantitative estimate of drug-likeness (QED) is 0.0387. The van der Waals surface area contributed by atoms with Crippen molar-refractivity contribution in [2.24, 2.45) is 0 Å². The molecule has 0 fully saturated rings. The summed E-state index contributed by atoms with van der Waals surface area (Å²) in [4.78, 5) is 123. The Hall–Kier alpha value is -5.54. The first-order valence-corrected chi connectivity index (χ1v) is 30.7. The second-order valence-electron chi connectivity index (χ2n) is 20.5. The summed E-state index contributed by atoms with van der Waals surface area (Å²) in [5.74, 6) is -6.65. The SMILES string of the molecule is CCCCCCCCCCCC(=O)N[C@@H](CCC(=O)NCCCC[C@H](NC(=O)CC[C@H](NC(=O)CCCCCCCCCCC)C(=O)O)C(=O)NCCOCCOCC(=O)NCCOCCOCC(=O)NCCOCCOCC(=O)O)C(=O)O. The number of nitrogens with one attached hydrogen (secondary N) is 7. The number of carboxylic acids is 3. The number of hydrogen-bond donors (Lipinski definition) is 10. The molecule has 7 amide bonds. The largest absolute Gasteiger partial charge is 0.480 e. The molecule has 0 heterocycles. The van der Waals surface area contributed by atoms with E-state index in [0.717, 1.165) is 44.9 Å². The summed E-state index contributed by atoms with van der Waals surface area (Å²) in [7, 11) is 0. The number of amides is 7. The molecule has 0 unspecified atom stereocenters. The van der Waals surface area contributed by atoms with Gasteiger partial charge in [0.05, 0.1) is 59.5 Å². The van der Waals surface area contributed by atoms with Gasteiger partial charge < -0.3 is 81.0 Å². The summed E-state index contributed by atoms with van der Waals surface area (Å²) in [6.07, 6.45) is 19.8. The third-order valence-corrected chi connectivity index (χ3v) is 13.0. The van der Waals surface area contributed by atoms with E-state index in [1.54, 1.807) is 0 Å². The average Bonchev–Trinajstić information content (AvgIpc) is 3.47. The smallest absolute Gasteiger partial charge is 0.329 e. The lowest BCUT2D eigenvalue weighted by Gasteiger charge is -2.20. The lowest BCUT2D eigenvalue weighted by Crippen LogP contribution is -2.48. The number of aliphatic carboxylic acids is 3. The molecular weight excluding hydrogens is 1100 g/mol. The van der Waals surface area contributed by atoms with E-state index in [-0.39, 0.29) is 162 Å². The fraction of sp³-hybridized carbons (Fsp3) is 0.828. The topological polar surface area (TPSA) is 371 Å². The van der Waals surface area contributed by atoms with Crippen LogP contribution in [0.3, 0.4) is 0 Å². The highest BCUT2D eigenvalue weighted by Gasteiger charge is 2.25. The summed E-state index contributed by atoms with van der Waals surface area (Å²) >= 11 is 0. The van der Waals surface area contributed by atoms with Gasteiger partial charge in [0, 0.05) is 51.9 Å². The van der Waals surface area contributed by atoms with E-state index in [1.165, 1.54) is 57.8 Å². The van der Waals surface area contributed by atoms with Gasteiger partial charge in [-0.05, 0) is 44.9 Å². The van der Waals surface area contributed by atoms with Gasteiger partial charge >= 0.3 is 17.9 Å². The third-order valence-electron chi connectivity index (χ3n) is 13.0. The van der Waals surface area contributed by atoms with Gasteiger partial charge in [-0.15, -0.1) is 0 Å². The average molecular weight is 1200 g/mol. The van der Waals surface area contributed by atoms with Crippen molar-refractivity contribution in [2.45, 2.75) is 205 Å². The minimum atomic E-state index is -1.31. The lowest BCUT2D eigenvalue weighted by molar-refractivity contribution is -0.143. The highest BCUT2D eigenvalue weighted by Crippen LogP contribution is 2.13. The lowest BCUT2D eigenvalue weighted by atomic mass is 10.1. The first-order chi connectivity index (χ1) is 40.6. The molecule has 0 saturated heterocycles. The fourth-order valence-electron chi connectivity index (χ4n) is 8.26. The summed E-state index contributed by atoms with van der Waals surface area (Å²) in [5.41, 5.74) is 0. The molecular formula is C58H105N7O19. The molecule has 486 valence electrons. The Morgan fingerprint density at radius 1 is 0.310 bits per heavy atom. The number of carbonyl (C=O) groups is 10. The van der Waals surface area contributed by atoms with Crippen LogP contribution in [-0.2, 0) is 76.4 Å². The molecule has 0 saturated carbocycles. The molecule has 0 aromatic rings. The van der Waals surface area contributed by atoms with Gasteiger partial charge in [-0.3, -0.25) is 33.6 Å². The Morgan fingerprint density at radius 2 is 0.655 bits per heavy atom.